The van der Waals surface area contributed by atoms with Gasteiger partial charge < -0.3 is 9.32 Å². The molecular formula is C20H19Cl2N3O. The smallest absolute Gasteiger partial charge is 0.209 e. The van der Waals surface area contributed by atoms with Crippen LogP contribution < -0.4 is 4.90 Å². The van der Waals surface area contributed by atoms with Crippen LogP contribution in [0.3, 0.4) is 0 Å². The van der Waals surface area contributed by atoms with Crippen LogP contribution in [0, 0.1) is 0 Å². The summed E-state index contributed by atoms with van der Waals surface area (Å²) in [5.74, 6) is 1.57. The van der Waals surface area contributed by atoms with E-state index >= 15 is 0 Å². The number of rotatable bonds is 4. The predicted octanol–water partition coefficient (Wildman–Crippen LogP) is 4.97. The van der Waals surface area contributed by atoms with E-state index in [2.05, 4.69) is 14.8 Å². The Bertz CT molecular complexity index is 874. The molecule has 0 amide bonds. The van der Waals surface area contributed by atoms with Crippen molar-refractivity contribution < 1.29 is 4.42 Å². The van der Waals surface area contributed by atoms with Gasteiger partial charge in [-0.1, -0.05) is 53.5 Å². The Hall–Kier alpha value is -2.01. The highest BCUT2D eigenvalue weighted by Gasteiger charge is 2.19. The van der Waals surface area contributed by atoms with Crippen LogP contribution in [0.1, 0.15) is 5.89 Å². The molecular weight excluding hydrogens is 369 g/mol. The van der Waals surface area contributed by atoms with Crippen LogP contribution in [-0.4, -0.2) is 36.1 Å². The van der Waals surface area contributed by atoms with Crippen LogP contribution in [-0.2, 0) is 6.54 Å². The van der Waals surface area contributed by atoms with Crippen LogP contribution in [0.2, 0.25) is 10.0 Å². The van der Waals surface area contributed by atoms with E-state index in [0.717, 1.165) is 55.6 Å². The number of piperazine rings is 1. The molecule has 134 valence electrons. The fourth-order valence-electron chi connectivity index (χ4n) is 3.16. The van der Waals surface area contributed by atoms with Crippen LogP contribution in [0.5, 0.6) is 0 Å². The minimum atomic E-state index is 0.590. The standard InChI is InChI=1S/C20H19Cl2N3O/c21-17-7-6-16(12-18(17)22)25-10-8-24(9-11-25)14-20-23-13-19(26-20)15-4-2-1-3-5-15/h1-7,12-13H,8-11,14H2. The average Bonchev–Trinajstić information content (AvgIpc) is 3.14. The molecule has 1 aliphatic heterocycles. The van der Waals surface area contributed by atoms with Crippen LogP contribution in [0.4, 0.5) is 5.69 Å². The molecule has 2 aromatic carbocycles. The fourth-order valence-corrected chi connectivity index (χ4v) is 3.45. The van der Waals surface area contributed by atoms with E-state index < -0.39 is 0 Å². The van der Waals surface area contributed by atoms with E-state index in [4.69, 9.17) is 27.6 Å². The van der Waals surface area contributed by atoms with Gasteiger partial charge in [-0.25, -0.2) is 4.98 Å². The van der Waals surface area contributed by atoms with Gasteiger partial charge in [0.15, 0.2) is 5.76 Å². The molecule has 4 nitrogen and oxygen atoms in total. The molecule has 3 aromatic rings. The number of hydrogen-bond acceptors (Lipinski definition) is 4. The molecule has 0 spiro atoms. The molecule has 0 radical (unpaired) electrons. The lowest BCUT2D eigenvalue weighted by molar-refractivity contribution is 0.227. The van der Waals surface area contributed by atoms with Gasteiger partial charge in [-0.05, 0) is 18.2 Å². The Kier molecular flexibility index (Phi) is 5.16. The maximum atomic E-state index is 6.13. The van der Waals surface area contributed by atoms with Crippen molar-refractivity contribution in [3.05, 3.63) is 70.7 Å². The number of hydrogen-bond donors (Lipinski definition) is 0. The third-order valence-electron chi connectivity index (χ3n) is 4.61. The third-order valence-corrected chi connectivity index (χ3v) is 5.35. The zero-order valence-electron chi connectivity index (χ0n) is 14.2. The first kappa shape index (κ1) is 17.4. The summed E-state index contributed by atoms with van der Waals surface area (Å²) in [6.45, 7) is 4.49. The molecule has 6 heteroatoms. The van der Waals surface area contributed by atoms with Crippen molar-refractivity contribution in [3.63, 3.8) is 0 Å². The van der Waals surface area contributed by atoms with Gasteiger partial charge in [0.1, 0.15) is 0 Å². The highest BCUT2D eigenvalue weighted by molar-refractivity contribution is 6.42. The van der Waals surface area contributed by atoms with Gasteiger partial charge in [0.2, 0.25) is 5.89 Å². The third kappa shape index (κ3) is 3.88. The normalized spacial score (nSPS) is 15.4. The number of benzene rings is 2. The largest absolute Gasteiger partial charge is 0.439 e. The Balaban J connectivity index is 1.35. The minimum absolute atomic E-state index is 0.590. The maximum Gasteiger partial charge on any atom is 0.209 e. The van der Waals surface area contributed by atoms with Crippen molar-refractivity contribution in [2.45, 2.75) is 6.54 Å². The molecule has 2 heterocycles. The number of aromatic nitrogens is 1. The van der Waals surface area contributed by atoms with E-state index in [-0.39, 0.29) is 0 Å². The highest BCUT2D eigenvalue weighted by atomic mass is 35.5. The van der Waals surface area contributed by atoms with E-state index in [1.807, 2.05) is 48.5 Å². The Labute approximate surface area is 163 Å². The number of oxazole rings is 1. The van der Waals surface area contributed by atoms with Crippen LogP contribution >= 0.6 is 23.2 Å². The molecule has 1 fully saturated rings. The zero-order chi connectivity index (χ0) is 17.9. The molecule has 0 bridgehead atoms. The second-order valence-electron chi connectivity index (χ2n) is 6.35. The lowest BCUT2D eigenvalue weighted by Crippen LogP contribution is -2.46. The summed E-state index contributed by atoms with van der Waals surface area (Å²) < 4.78 is 5.91. The van der Waals surface area contributed by atoms with Gasteiger partial charge in [0, 0.05) is 37.4 Å². The first-order valence-corrected chi connectivity index (χ1v) is 9.37. The summed E-state index contributed by atoms with van der Waals surface area (Å²) in [5.41, 5.74) is 2.16. The van der Waals surface area contributed by atoms with Gasteiger partial charge >= 0.3 is 0 Å². The Morgan fingerprint density at radius 2 is 1.69 bits per heavy atom. The van der Waals surface area contributed by atoms with Crippen molar-refractivity contribution in [2.75, 3.05) is 31.1 Å². The first-order chi connectivity index (χ1) is 12.7. The van der Waals surface area contributed by atoms with Gasteiger partial charge in [-0.15, -0.1) is 0 Å². The Morgan fingerprint density at radius 3 is 2.42 bits per heavy atom. The van der Waals surface area contributed by atoms with Crippen molar-refractivity contribution in [2.24, 2.45) is 0 Å². The van der Waals surface area contributed by atoms with Gasteiger partial charge in [-0.3, -0.25) is 4.90 Å². The molecule has 4 rings (SSSR count). The second kappa shape index (κ2) is 7.70. The van der Waals surface area contributed by atoms with Crippen molar-refractivity contribution >= 4 is 28.9 Å². The average molecular weight is 388 g/mol. The van der Waals surface area contributed by atoms with Crippen LogP contribution in [0.25, 0.3) is 11.3 Å². The topological polar surface area (TPSA) is 32.5 Å². The molecule has 1 aliphatic rings. The van der Waals surface area contributed by atoms with Gasteiger partial charge in [0.05, 0.1) is 22.8 Å². The van der Waals surface area contributed by atoms with Crippen LogP contribution in [0.15, 0.2) is 59.1 Å². The molecule has 0 saturated carbocycles. The molecule has 0 unspecified atom stereocenters. The highest BCUT2D eigenvalue weighted by Crippen LogP contribution is 2.28. The SMILES string of the molecule is Clc1ccc(N2CCN(Cc3ncc(-c4ccccc4)o3)CC2)cc1Cl. The minimum Gasteiger partial charge on any atom is -0.439 e. The summed E-state index contributed by atoms with van der Waals surface area (Å²) in [4.78, 5) is 9.11. The predicted molar refractivity (Wildman–Crippen MR) is 106 cm³/mol. The Morgan fingerprint density at radius 1 is 0.923 bits per heavy atom. The molecule has 0 N–H and O–H groups in total. The van der Waals surface area contributed by atoms with Crippen molar-refractivity contribution in [3.8, 4) is 11.3 Å². The van der Waals surface area contributed by atoms with Gasteiger partial charge in [0.25, 0.3) is 0 Å². The van der Waals surface area contributed by atoms with Gasteiger partial charge in [-0.2, -0.15) is 0 Å². The number of anilines is 1. The molecule has 26 heavy (non-hydrogen) atoms. The van der Waals surface area contributed by atoms with Crippen molar-refractivity contribution in [1.82, 2.24) is 9.88 Å². The zero-order valence-corrected chi connectivity index (χ0v) is 15.7. The van der Waals surface area contributed by atoms with E-state index in [1.54, 1.807) is 6.20 Å². The summed E-state index contributed by atoms with van der Waals surface area (Å²) in [6, 6.07) is 15.8. The van der Waals surface area contributed by atoms with E-state index in [9.17, 15) is 0 Å². The first-order valence-electron chi connectivity index (χ1n) is 8.61. The maximum absolute atomic E-state index is 6.13. The number of nitrogens with zero attached hydrogens (tertiary/aromatic N) is 3. The molecule has 0 aliphatic carbocycles. The fraction of sp³-hybridized carbons (Fsp3) is 0.250. The molecule has 1 saturated heterocycles. The second-order valence-corrected chi connectivity index (χ2v) is 7.16. The quantitative estimate of drug-likeness (QED) is 0.632. The lowest BCUT2D eigenvalue weighted by atomic mass is 10.2. The summed E-state index contributed by atoms with van der Waals surface area (Å²) in [5, 5.41) is 1.19. The molecule has 1 aromatic heterocycles. The van der Waals surface area contributed by atoms with E-state index in [1.165, 1.54) is 0 Å². The molecule has 0 atom stereocenters. The summed E-state index contributed by atoms with van der Waals surface area (Å²) in [7, 11) is 0. The summed E-state index contributed by atoms with van der Waals surface area (Å²) >= 11 is 12.1. The van der Waals surface area contributed by atoms with Crippen molar-refractivity contribution in [1.29, 1.82) is 0 Å². The van der Waals surface area contributed by atoms with E-state index in [0.29, 0.717) is 10.0 Å². The lowest BCUT2D eigenvalue weighted by Gasteiger charge is -2.35. The number of halogens is 2. The summed E-state index contributed by atoms with van der Waals surface area (Å²) in [6.07, 6.45) is 1.80. The monoisotopic (exact) mass is 387 g/mol.